The van der Waals surface area contributed by atoms with Gasteiger partial charge in [-0.15, -0.1) is 10.2 Å². The molecule has 0 aliphatic carbocycles. The van der Waals surface area contributed by atoms with Crippen LogP contribution in [0.15, 0.2) is 30.3 Å². The van der Waals surface area contributed by atoms with E-state index in [4.69, 9.17) is 31.9 Å². The second kappa shape index (κ2) is 9.65. The molecule has 0 saturated carbocycles. The highest BCUT2D eigenvalue weighted by Gasteiger charge is 2.17. The van der Waals surface area contributed by atoms with Crippen molar-refractivity contribution < 1.29 is 23.4 Å². The van der Waals surface area contributed by atoms with E-state index in [2.05, 4.69) is 10.2 Å². The number of hydrogen-bond acceptors (Lipinski definition) is 7. The summed E-state index contributed by atoms with van der Waals surface area (Å²) in [6.07, 6.45) is -0.151. The average molecular weight is 456 g/mol. The molecule has 1 unspecified atom stereocenters. The molecule has 1 atom stereocenters. The minimum Gasteiger partial charge on any atom is -0.489 e. The van der Waals surface area contributed by atoms with Gasteiger partial charge in [0, 0.05) is 17.2 Å². The Bertz CT molecular complexity index is 1030. The molecule has 160 valence electrons. The third kappa shape index (κ3) is 5.23. The molecule has 0 radical (unpaired) electrons. The van der Waals surface area contributed by atoms with Gasteiger partial charge in [0.25, 0.3) is 0 Å². The van der Waals surface area contributed by atoms with Crippen molar-refractivity contribution in [3.8, 4) is 32.6 Å². The van der Waals surface area contributed by atoms with E-state index in [1.165, 1.54) is 24.3 Å². The minimum atomic E-state index is -0.655. The molecule has 0 aliphatic rings. The van der Waals surface area contributed by atoms with Crippen LogP contribution < -0.4 is 15.2 Å². The SMILES string of the molecule is CC(C)Oc1ccc(-c2nnc(-c3cc(F)c(OCC(N)CO)cc3Cl)s2)cc1F. The van der Waals surface area contributed by atoms with Gasteiger partial charge in [-0.2, -0.15) is 0 Å². The summed E-state index contributed by atoms with van der Waals surface area (Å²) in [7, 11) is 0. The Morgan fingerprint density at radius 1 is 1.10 bits per heavy atom. The summed E-state index contributed by atoms with van der Waals surface area (Å²) < 4.78 is 39.3. The Labute approximate surface area is 181 Å². The van der Waals surface area contributed by atoms with Gasteiger partial charge in [0.2, 0.25) is 0 Å². The Balaban J connectivity index is 1.84. The highest BCUT2D eigenvalue weighted by Crippen LogP contribution is 2.37. The Morgan fingerprint density at radius 2 is 1.80 bits per heavy atom. The molecule has 30 heavy (non-hydrogen) atoms. The first-order valence-corrected chi connectivity index (χ1v) is 10.3. The molecular formula is C20H20ClF2N3O3S. The largest absolute Gasteiger partial charge is 0.489 e. The molecule has 0 amide bonds. The van der Waals surface area contributed by atoms with Gasteiger partial charge < -0.3 is 20.3 Å². The van der Waals surface area contributed by atoms with Gasteiger partial charge in [0.1, 0.15) is 16.6 Å². The Morgan fingerprint density at radius 3 is 2.47 bits per heavy atom. The van der Waals surface area contributed by atoms with Crippen molar-refractivity contribution in [1.82, 2.24) is 10.2 Å². The van der Waals surface area contributed by atoms with Gasteiger partial charge in [-0.3, -0.25) is 0 Å². The topological polar surface area (TPSA) is 90.5 Å². The van der Waals surface area contributed by atoms with Crippen LogP contribution in [-0.2, 0) is 0 Å². The number of aliphatic hydroxyl groups excluding tert-OH is 1. The molecule has 6 nitrogen and oxygen atoms in total. The first kappa shape index (κ1) is 22.4. The summed E-state index contributed by atoms with van der Waals surface area (Å²) in [6.45, 7) is 3.27. The number of ether oxygens (including phenoxy) is 2. The molecule has 1 aromatic heterocycles. The quantitative estimate of drug-likeness (QED) is 0.526. The first-order chi connectivity index (χ1) is 14.3. The molecule has 0 bridgehead atoms. The van der Waals surface area contributed by atoms with Crippen LogP contribution >= 0.6 is 22.9 Å². The highest BCUT2D eigenvalue weighted by atomic mass is 35.5. The molecule has 3 rings (SSSR count). The summed E-state index contributed by atoms with van der Waals surface area (Å²) in [5, 5.41) is 18.1. The van der Waals surface area contributed by atoms with Crippen LogP contribution in [0.3, 0.4) is 0 Å². The van der Waals surface area contributed by atoms with E-state index in [1.54, 1.807) is 6.07 Å². The van der Waals surface area contributed by atoms with Crippen LogP contribution in [0.4, 0.5) is 8.78 Å². The van der Waals surface area contributed by atoms with Crippen LogP contribution in [0, 0.1) is 11.6 Å². The van der Waals surface area contributed by atoms with E-state index < -0.39 is 17.7 Å². The molecule has 0 saturated heterocycles. The lowest BCUT2D eigenvalue weighted by molar-refractivity contribution is 0.202. The van der Waals surface area contributed by atoms with Crippen molar-refractivity contribution in [2.75, 3.05) is 13.2 Å². The summed E-state index contributed by atoms with van der Waals surface area (Å²) >= 11 is 7.41. The molecule has 0 fully saturated rings. The molecule has 3 aromatic rings. The lowest BCUT2D eigenvalue weighted by Gasteiger charge is -2.12. The predicted molar refractivity (Wildman–Crippen MR) is 112 cm³/mol. The van der Waals surface area contributed by atoms with E-state index in [-0.39, 0.29) is 35.8 Å². The average Bonchev–Trinajstić information content (AvgIpc) is 3.19. The summed E-state index contributed by atoms with van der Waals surface area (Å²) in [5.41, 5.74) is 6.40. The Kier molecular flexibility index (Phi) is 7.19. The zero-order valence-corrected chi connectivity index (χ0v) is 17.8. The fourth-order valence-corrected chi connectivity index (χ4v) is 3.65. The molecule has 0 aliphatic heterocycles. The second-order valence-electron chi connectivity index (χ2n) is 6.74. The summed E-state index contributed by atoms with van der Waals surface area (Å²) in [5.74, 6) is -1.09. The monoisotopic (exact) mass is 455 g/mol. The van der Waals surface area contributed by atoms with Gasteiger partial charge >= 0.3 is 0 Å². The molecule has 1 heterocycles. The summed E-state index contributed by atoms with van der Waals surface area (Å²) in [6, 6.07) is 6.38. The van der Waals surface area contributed by atoms with Crippen molar-refractivity contribution in [1.29, 1.82) is 0 Å². The van der Waals surface area contributed by atoms with E-state index in [9.17, 15) is 8.78 Å². The molecule has 0 spiro atoms. The predicted octanol–water partition coefficient (Wildman–Crippen LogP) is 4.29. The highest BCUT2D eigenvalue weighted by molar-refractivity contribution is 7.18. The van der Waals surface area contributed by atoms with Crippen molar-refractivity contribution in [2.45, 2.75) is 26.0 Å². The number of hydrogen-bond donors (Lipinski definition) is 2. The van der Waals surface area contributed by atoms with Gasteiger partial charge in [-0.05, 0) is 38.1 Å². The zero-order valence-electron chi connectivity index (χ0n) is 16.2. The number of aliphatic hydroxyl groups is 1. The lowest BCUT2D eigenvalue weighted by atomic mass is 10.2. The van der Waals surface area contributed by atoms with Gasteiger partial charge in [-0.25, -0.2) is 8.78 Å². The molecule has 2 aromatic carbocycles. The molecular weight excluding hydrogens is 436 g/mol. The number of nitrogens with zero attached hydrogens (tertiary/aromatic N) is 2. The number of halogens is 3. The van der Waals surface area contributed by atoms with Crippen LogP contribution in [0.25, 0.3) is 21.1 Å². The number of nitrogens with two attached hydrogens (primary N) is 1. The normalized spacial score (nSPS) is 12.3. The van der Waals surface area contributed by atoms with Gasteiger partial charge in [0.05, 0.1) is 23.8 Å². The van der Waals surface area contributed by atoms with Crippen LogP contribution in [0.1, 0.15) is 13.8 Å². The van der Waals surface area contributed by atoms with Crippen molar-refractivity contribution in [2.24, 2.45) is 5.73 Å². The first-order valence-electron chi connectivity index (χ1n) is 9.07. The maximum absolute atomic E-state index is 14.4. The summed E-state index contributed by atoms with van der Waals surface area (Å²) in [4.78, 5) is 0. The van der Waals surface area contributed by atoms with E-state index in [0.29, 0.717) is 21.1 Å². The van der Waals surface area contributed by atoms with Crippen LogP contribution in [0.2, 0.25) is 5.02 Å². The minimum absolute atomic E-state index is 0.0614. The maximum atomic E-state index is 14.4. The van der Waals surface area contributed by atoms with E-state index in [0.717, 1.165) is 11.3 Å². The third-order valence-electron chi connectivity index (χ3n) is 3.91. The second-order valence-corrected chi connectivity index (χ2v) is 8.13. The fraction of sp³-hybridized carbons (Fsp3) is 0.300. The smallest absolute Gasteiger partial charge is 0.165 e. The third-order valence-corrected chi connectivity index (χ3v) is 5.22. The number of benzene rings is 2. The van der Waals surface area contributed by atoms with Gasteiger partial charge in [-0.1, -0.05) is 22.9 Å². The van der Waals surface area contributed by atoms with Crippen molar-refractivity contribution in [3.05, 3.63) is 47.0 Å². The molecule has 10 heteroatoms. The standard InChI is InChI=1S/C20H20ClF2N3O3S/c1-10(2)29-17-4-3-11(5-15(17)22)19-25-26-20(30-19)13-6-16(23)18(7-14(13)21)28-9-12(24)8-27/h3-7,10,12,27H,8-9,24H2,1-2H3. The zero-order chi connectivity index (χ0) is 21.8. The number of aromatic nitrogens is 2. The van der Waals surface area contributed by atoms with Crippen LogP contribution in [-0.4, -0.2) is 40.7 Å². The fourth-order valence-electron chi connectivity index (χ4n) is 2.48. The van der Waals surface area contributed by atoms with Crippen LogP contribution in [0.5, 0.6) is 11.5 Å². The van der Waals surface area contributed by atoms with Crippen molar-refractivity contribution >= 4 is 22.9 Å². The maximum Gasteiger partial charge on any atom is 0.165 e. The number of rotatable bonds is 8. The van der Waals surface area contributed by atoms with Crippen molar-refractivity contribution in [3.63, 3.8) is 0 Å². The van der Waals surface area contributed by atoms with Gasteiger partial charge in [0.15, 0.2) is 23.1 Å². The lowest BCUT2D eigenvalue weighted by Crippen LogP contribution is -2.31. The molecule has 3 N–H and O–H groups in total. The van der Waals surface area contributed by atoms with E-state index >= 15 is 0 Å². The van der Waals surface area contributed by atoms with E-state index in [1.807, 2.05) is 13.8 Å². The Hall–Kier alpha value is -2.33.